The number of benzene rings is 2. The second-order valence-corrected chi connectivity index (χ2v) is 7.00. The van der Waals surface area contributed by atoms with Crippen molar-refractivity contribution in [2.24, 2.45) is 7.05 Å². The molecule has 27 heavy (non-hydrogen) atoms. The van der Waals surface area contributed by atoms with Crippen LogP contribution in [0.15, 0.2) is 49.1 Å². The Bertz CT molecular complexity index is 846. The van der Waals surface area contributed by atoms with Crippen LogP contribution in [0.3, 0.4) is 0 Å². The molecule has 0 aliphatic rings. The third-order valence-electron chi connectivity index (χ3n) is 4.30. The van der Waals surface area contributed by atoms with Crippen LogP contribution in [0.25, 0.3) is 16.8 Å². The van der Waals surface area contributed by atoms with Gasteiger partial charge >= 0.3 is 6.33 Å². The second kappa shape index (κ2) is 10.5. The summed E-state index contributed by atoms with van der Waals surface area (Å²) < 4.78 is 4.05. The maximum Gasteiger partial charge on any atom is 0.305 e. The van der Waals surface area contributed by atoms with Gasteiger partial charge in [-0.2, -0.15) is 22.2 Å². The Balaban J connectivity index is 0.000000855. The average molecular weight is 545 g/mol. The Morgan fingerprint density at radius 3 is 2.11 bits per heavy atom. The summed E-state index contributed by atoms with van der Waals surface area (Å²) in [5.74, 6) is 1.29. The molecule has 148 valence electrons. The van der Waals surface area contributed by atoms with E-state index in [4.69, 9.17) is 0 Å². The average Bonchev–Trinajstić information content (AvgIpc) is 3.01. The molecule has 0 saturated carbocycles. The van der Waals surface area contributed by atoms with Crippen LogP contribution in [0.2, 0.25) is 0 Å². The van der Waals surface area contributed by atoms with Crippen LogP contribution in [0.1, 0.15) is 50.8 Å². The van der Waals surface area contributed by atoms with Crippen LogP contribution in [0.5, 0.6) is 0 Å². The van der Waals surface area contributed by atoms with Crippen LogP contribution in [-0.4, -0.2) is 9.67 Å². The molecule has 3 rings (SSSR count). The van der Waals surface area contributed by atoms with Crippen LogP contribution in [-0.2, 0) is 28.1 Å². The minimum absolute atomic E-state index is 0. The first-order valence-corrected chi connectivity index (χ1v) is 9.30. The molecule has 0 aliphatic carbocycles. The van der Waals surface area contributed by atoms with Crippen LogP contribution in [0, 0.1) is 19.8 Å². The number of aryl methyl sites for hydroxylation is 3. The van der Waals surface area contributed by atoms with Crippen LogP contribution >= 0.6 is 0 Å². The van der Waals surface area contributed by atoms with E-state index < -0.39 is 0 Å². The van der Waals surface area contributed by atoms with Crippen molar-refractivity contribution >= 4 is 0 Å². The molecule has 0 saturated heterocycles. The van der Waals surface area contributed by atoms with Gasteiger partial charge in [0.05, 0.1) is 0 Å². The van der Waals surface area contributed by atoms with Gasteiger partial charge in [0, 0.05) is 21.1 Å². The largest absolute Gasteiger partial charge is 0.305 e. The summed E-state index contributed by atoms with van der Waals surface area (Å²) in [6, 6.07) is 13.1. The van der Waals surface area contributed by atoms with Crippen molar-refractivity contribution in [3.63, 3.8) is 0 Å². The van der Waals surface area contributed by atoms with Gasteiger partial charge in [-0.05, 0) is 41.2 Å². The Labute approximate surface area is 178 Å². The van der Waals surface area contributed by atoms with Crippen LogP contribution in [0.4, 0.5) is 0 Å². The van der Waals surface area contributed by atoms with Crippen molar-refractivity contribution in [1.82, 2.24) is 9.67 Å². The van der Waals surface area contributed by atoms with E-state index in [2.05, 4.69) is 87.6 Å². The van der Waals surface area contributed by atoms with Crippen molar-refractivity contribution in [2.75, 3.05) is 0 Å². The summed E-state index contributed by atoms with van der Waals surface area (Å²) in [7, 11) is 2.00. The molecule has 0 spiro atoms. The summed E-state index contributed by atoms with van der Waals surface area (Å²) in [6.07, 6.45) is 4.91. The Kier molecular flexibility index (Phi) is 8.99. The fourth-order valence-corrected chi connectivity index (χ4v) is 3.12. The molecule has 0 N–H and O–H groups in total. The molecule has 0 amide bonds. The van der Waals surface area contributed by atoms with Crippen molar-refractivity contribution < 1.29 is 25.7 Å². The minimum atomic E-state index is 0. The summed E-state index contributed by atoms with van der Waals surface area (Å²) in [5.41, 5.74) is 7.62. The molecule has 0 radical (unpaired) electrons. The fraction of sp³-hybridized carbons (Fsp3) is 0.348. The van der Waals surface area contributed by atoms with E-state index in [-0.39, 0.29) is 21.1 Å². The maximum atomic E-state index is 4.22. The first kappa shape index (κ1) is 23.2. The quantitative estimate of drug-likeness (QED) is 0.322. The first-order chi connectivity index (χ1) is 12.4. The van der Waals surface area contributed by atoms with Gasteiger partial charge in [0.15, 0.2) is 0 Å². The zero-order valence-electron chi connectivity index (χ0n) is 17.5. The number of hydrogen-bond acceptors (Lipinski definition) is 1. The van der Waals surface area contributed by atoms with Gasteiger partial charge in [0.1, 0.15) is 7.05 Å². The zero-order valence-corrected chi connectivity index (χ0v) is 19.8. The number of hydrogen-bond donors (Lipinski definition) is 0. The van der Waals surface area contributed by atoms with Crippen molar-refractivity contribution in [3.8, 4) is 16.8 Å². The molecule has 0 atom stereocenters. The summed E-state index contributed by atoms with van der Waals surface area (Å²) in [5, 5.41) is 0. The zero-order chi connectivity index (χ0) is 19.3. The van der Waals surface area contributed by atoms with Crippen LogP contribution < -0.4 is 4.68 Å². The molecule has 0 fully saturated rings. The molecule has 3 nitrogen and oxygen atoms in total. The standard InChI is InChI=1S/C20H23N3.C3H8.Pt/c1-14(2)18-11-17(20-15(3)7-6-8-16(20)4)9-10-19(18)23-13-21-12-22(23)5;1-3-2;/h6-13H,1-5H3;3H2,1-2H3;. The summed E-state index contributed by atoms with van der Waals surface area (Å²) in [4.78, 5) is 4.22. The molecular formula is C23H31N3Pt. The second-order valence-electron chi connectivity index (χ2n) is 7.00. The number of aromatic nitrogens is 3. The van der Waals surface area contributed by atoms with E-state index in [1.807, 2.05) is 24.4 Å². The Morgan fingerprint density at radius 1 is 1.04 bits per heavy atom. The van der Waals surface area contributed by atoms with Gasteiger partial charge in [0.2, 0.25) is 6.33 Å². The topological polar surface area (TPSA) is 21.7 Å². The Morgan fingerprint density at radius 2 is 1.63 bits per heavy atom. The smallest absolute Gasteiger partial charge is 0.203 e. The van der Waals surface area contributed by atoms with E-state index in [0.717, 1.165) is 5.69 Å². The summed E-state index contributed by atoms with van der Waals surface area (Å²) >= 11 is 0. The molecule has 3 aromatic rings. The maximum absolute atomic E-state index is 4.22. The summed E-state index contributed by atoms with van der Waals surface area (Å²) in [6.45, 7) is 12.9. The van der Waals surface area contributed by atoms with Gasteiger partial charge in [-0.3, -0.25) is 0 Å². The predicted octanol–water partition coefficient (Wildman–Crippen LogP) is 5.36. The molecule has 4 heteroatoms. The SMILES string of the molecule is CCC.Cc1cccc(C)c1-c1ccc(-n2cnc[n+]2C)c([C-](C)C)c1.[Pt]. The molecular weight excluding hydrogens is 513 g/mol. The van der Waals surface area contributed by atoms with Crippen molar-refractivity contribution in [1.29, 1.82) is 0 Å². The van der Waals surface area contributed by atoms with Gasteiger partial charge < -0.3 is 0 Å². The molecule has 0 bridgehead atoms. The van der Waals surface area contributed by atoms with E-state index >= 15 is 0 Å². The normalized spacial score (nSPS) is 9.89. The third kappa shape index (κ3) is 5.32. The van der Waals surface area contributed by atoms with Gasteiger partial charge in [0.25, 0.3) is 0 Å². The molecule has 0 unspecified atom stereocenters. The van der Waals surface area contributed by atoms with Crippen molar-refractivity contribution in [2.45, 2.75) is 48.0 Å². The van der Waals surface area contributed by atoms with Gasteiger partial charge in [-0.15, -0.1) is 0 Å². The molecule has 0 aliphatic heterocycles. The monoisotopic (exact) mass is 544 g/mol. The molecule has 1 heterocycles. The Hall–Kier alpha value is -1.86. The van der Waals surface area contributed by atoms with Crippen molar-refractivity contribution in [3.05, 3.63) is 71.7 Å². The number of rotatable bonds is 3. The van der Waals surface area contributed by atoms with E-state index in [1.165, 1.54) is 40.2 Å². The molecule has 1 aromatic heterocycles. The number of nitrogens with zero attached hydrogens (tertiary/aromatic N) is 3. The van der Waals surface area contributed by atoms with E-state index in [0.29, 0.717) is 0 Å². The third-order valence-corrected chi connectivity index (χ3v) is 4.30. The predicted molar refractivity (Wildman–Crippen MR) is 109 cm³/mol. The first-order valence-electron chi connectivity index (χ1n) is 9.30. The minimum Gasteiger partial charge on any atom is -0.203 e. The van der Waals surface area contributed by atoms with Gasteiger partial charge in [-0.1, -0.05) is 70.0 Å². The van der Waals surface area contributed by atoms with E-state index in [9.17, 15) is 0 Å². The molecule has 2 aromatic carbocycles. The fourth-order valence-electron chi connectivity index (χ4n) is 3.12. The van der Waals surface area contributed by atoms with E-state index in [1.54, 1.807) is 0 Å². The van der Waals surface area contributed by atoms with Gasteiger partial charge in [-0.25, -0.2) is 4.68 Å².